The van der Waals surface area contributed by atoms with Gasteiger partial charge in [-0.1, -0.05) is 15.9 Å². The maximum Gasteiger partial charge on any atom is 0.258 e. The predicted molar refractivity (Wildman–Crippen MR) is 73.5 cm³/mol. The van der Waals surface area contributed by atoms with Crippen LogP contribution in [0.1, 0.15) is 13.8 Å². The van der Waals surface area contributed by atoms with Crippen molar-refractivity contribution in [1.29, 1.82) is 0 Å². The summed E-state index contributed by atoms with van der Waals surface area (Å²) in [6.07, 6.45) is -4.00. The highest BCUT2D eigenvalue weighted by Gasteiger charge is 2.20. The molecule has 0 aliphatic carbocycles. The molecule has 8 heteroatoms. The van der Waals surface area contributed by atoms with E-state index in [1.807, 2.05) is 0 Å². The lowest BCUT2D eigenvalue weighted by atomic mass is 10.2. The minimum Gasteiger partial charge on any atom is -0.384 e. The van der Waals surface area contributed by atoms with Crippen molar-refractivity contribution >= 4 is 33.2 Å². The number of aliphatic hydroxyl groups excluding tert-OH is 1. The second kappa shape index (κ2) is 6.94. The van der Waals surface area contributed by atoms with E-state index < -0.39 is 30.3 Å². The van der Waals surface area contributed by atoms with Crippen molar-refractivity contribution in [2.45, 2.75) is 32.4 Å². The second-order valence-corrected chi connectivity index (χ2v) is 5.16. The number of aliphatic hydroxyl groups is 1. The van der Waals surface area contributed by atoms with Crippen LogP contribution in [-0.4, -0.2) is 29.6 Å². The molecule has 1 amide bonds. The molecule has 0 aromatic heterocycles. The lowest BCUT2D eigenvalue weighted by Crippen LogP contribution is -2.28. The second-order valence-electron chi connectivity index (χ2n) is 4.24. The number of benzene rings is 1. The predicted octanol–water partition coefficient (Wildman–Crippen LogP) is 2.97. The Labute approximate surface area is 122 Å². The number of amides is 1. The smallest absolute Gasteiger partial charge is 0.258 e. The van der Waals surface area contributed by atoms with Crippen molar-refractivity contribution in [2.75, 3.05) is 10.6 Å². The summed E-state index contributed by atoms with van der Waals surface area (Å²) in [6, 6.07) is 1.21. The first-order chi connectivity index (χ1) is 9.22. The Morgan fingerprint density at radius 2 is 1.95 bits per heavy atom. The fourth-order valence-electron chi connectivity index (χ4n) is 1.35. The number of rotatable bonds is 5. The zero-order valence-electron chi connectivity index (χ0n) is 10.8. The normalized spacial score (nSPS) is 14.0. The molecular formula is C12H14BrF3N2O2. The van der Waals surface area contributed by atoms with Crippen LogP contribution in [0.2, 0.25) is 0 Å². The van der Waals surface area contributed by atoms with Crippen LogP contribution < -0.4 is 10.6 Å². The first kappa shape index (κ1) is 16.8. The highest BCUT2D eigenvalue weighted by molar-refractivity contribution is 9.10. The van der Waals surface area contributed by atoms with E-state index in [0.717, 1.165) is 6.07 Å². The number of anilines is 2. The summed E-state index contributed by atoms with van der Waals surface area (Å²) in [7, 11) is 0. The minimum atomic E-state index is -2.66. The third kappa shape index (κ3) is 4.38. The number of nitrogens with one attached hydrogen (secondary N) is 2. The molecule has 1 rings (SSSR count). The van der Waals surface area contributed by atoms with E-state index in [0.29, 0.717) is 4.47 Å². The average molecular weight is 355 g/mol. The molecule has 0 fully saturated rings. The molecule has 2 atom stereocenters. The van der Waals surface area contributed by atoms with E-state index in [-0.39, 0.29) is 11.4 Å². The largest absolute Gasteiger partial charge is 0.384 e. The van der Waals surface area contributed by atoms with Crippen LogP contribution in [0, 0.1) is 5.82 Å². The fourth-order valence-corrected chi connectivity index (χ4v) is 1.78. The number of hydrogen-bond donors (Lipinski definition) is 3. The number of alkyl halides is 2. The summed E-state index contributed by atoms with van der Waals surface area (Å²) in [5.74, 6) is -1.64. The number of halogens is 4. The number of carbonyl (C=O) groups excluding carboxylic acids is 1. The molecule has 4 nitrogen and oxygen atoms in total. The molecule has 0 saturated heterocycles. The van der Waals surface area contributed by atoms with E-state index in [1.54, 1.807) is 0 Å². The van der Waals surface area contributed by atoms with Gasteiger partial charge < -0.3 is 15.7 Å². The van der Waals surface area contributed by atoms with Crippen LogP contribution in [0.5, 0.6) is 0 Å². The topological polar surface area (TPSA) is 61.4 Å². The molecule has 0 saturated carbocycles. The van der Waals surface area contributed by atoms with Gasteiger partial charge in [0.15, 0.2) is 0 Å². The Morgan fingerprint density at radius 1 is 1.35 bits per heavy atom. The minimum absolute atomic E-state index is 0.00123. The third-order valence-corrected chi connectivity index (χ3v) is 2.90. The summed E-state index contributed by atoms with van der Waals surface area (Å²) in [6.45, 7) is 2.44. The summed E-state index contributed by atoms with van der Waals surface area (Å²) in [5, 5.41) is 13.7. The molecule has 2 unspecified atom stereocenters. The monoisotopic (exact) mass is 354 g/mol. The van der Waals surface area contributed by atoms with Gasteiger partial charge in [0.25, 0.3) is 12.3 Å². The van der Waals surface area contributed by atoms with Crippen molar-refractivity contribution in [2.24, 2.45) is 0 Å². The van der Waals surface area contributed by atoms with Gasteiger partial charge in [0.2, 0.25) is 0 Å². The third-order valence-electron chi connectivity index (χ3n) is 2.44. The first-order valence-corrected chi connectivity index (χ1v) is 6.54. The summed E-state index contributed by atoms with van der Waals surface area (Å²) in [5.41, 5.74) is -0.287. The SMILES string of the molecule is CC(O)C(=O)Nc1c(F)cc(Br)cc1NC(C)C(F)F. The number of carbonyl (C=O) groups is 1. The molecule has 0 heterocycles. The van der Waals surface area contributed by atoms with Crippen molar-refractivity contribution in [3.8, 4) is 0 Å². The standard InChI is InChI=1S/C12H14BrF3N2O2/c1-5(11(15)16)17-9-4-7(13)3-8(14)10(9)18-12(20)6(2)19/h3-6,11,17,19H,1-2H3,(H,18,20). The van der Waals surface area contributed by atoms with Gasteiger partial charge in [0, 0.05) is 4.47 Å². The van der Waals surface area contributed by atoms with Crippen LogP contribution in [0.4, 0.5) is 24.5 Å². The fraction of sp³-hybridized carbons (Fsp3) is 0.417. The van der Waals surface area contributed by atoms with Gasteiger partial charge in [0.1, 0.15) is 17.6 Å². The van der Waals surface area contributed by atoms with Gasteiger partial charge in [-0.15, -0.1) is 0 Å². The average Bonchev–Trinajstić information content (AvgIpc) is 2.32. The number of hydrogen-bond acceptors (Lipinski definition) is 3. The quantitative estimate of drug-likeness (QED) is 0.761. The first-order valence-electron chi connectivity index (χ1n) is 5.75. The van der Waals surface area contributed by atoms with Crippen LogP contribution in [0.3, 0.4) is 0 Å². The Kier molecular flexibility index (Phi) is 5.82. The maximum atomic E-state index is 13.8. The van der Waals surface area contributed by atoms with Gasteiger partial charge in [-0.25, -0.2) is 13.2 Å². The van der Waals surface area contributed by atoms with E-state index in [9.17, 15) is 18.0 Å². The van der Waals surface area contributed by atoms with Gasteiger partial charge in [0.05, 0.1) is 11.7 Å². The summed E-state index contributed by atoms with van der Waals surface area (Å²) < 4.78 is 39.2. The molecule has 20 heavy (non-hydrogen) atoms. The summed E-state index contributed by atoms with van der Waals surface area (Å²) >= 11 is 3.04. The zero-order valence-corrected chi connectivity index (χ0v) is 12.3. The van der Waals surface area contributed by atoms with Crippen molar-refractivity contribution in [3.05, 3.63) is 22.4 Å². The van der Waals surface area contributed by atoms with E-state index in [1.165, 1.54) is 19.9 Å². The lowest BCUT2D eigenvalue weighted by Gasteiger charge is -2.19. The van der Waals surface area contributed by atoms with Crippen LogP contribution in [-0.2, 0) is 4.79 Å². The Balaban J connectivity index is 3.10. The Morgan fingerprint density at radius 3 is 2.45 bits per heavy atom. The zero-order chi connectivity index (χ0) is 15.4. The van der Waals surface area contributed by atoms with Crippen LogP contribution in [0.15, 0.2) is 16.6 Å². The van der Waals surface area contributed by atoms with Crippen LogP contribution >= 0.6 is 15.9 Å². The van der Waals surface area contributed by atoms with Crippen molar-refractivity contribution < 1.29 is 23.1 Å². The Bertz CT molecular complexity index is 498. The molecule has 0 bridgehead atoms. The molecule has 1 aromatic carbocycles. The molecule has 112 valence electrons. The molecular weight excluding hydrogens is 341 g/mol. The lowest BCUT2D eigenvalue weighted by molar-refractivity contribution is -0.123. The molecule has 3 N–H and O–H groups in total. The molecule has 0 aliphatic heterocycles. The Hall–Kier alpha value is -1.28. The van der Waals surface area contributed by atoms with E-state index in [2.05, 4.69) is 26.6 Å². The van der Waals surface area contributed by atoms with Gasteiger partial charge in [-0.3, -0.25) is 4.79 Å². The summed E-state index contributed by atoms with van der Waals surface area (Å²) in [4.78, 5) is 11.4. The molecule has 0 radical (unpaired) electrons. The van der Waals surface area contributed by atoms with Crippen molar-refractivity contribution in [3.63, 3.8) is 0 Å². The molecule has 0 aliphatic rings. The van der Waals surface area contributed by atoms with Gasteiger partial charge >= 0.3 is 0 Å². The van der Waals surface area contributed by atoms with Crippen molar-refractivity contribution in [1.82, 2.24) is 0 Å². The highest BCUT2D eigenvalue weighted by Crippen LogP contribution is 2.31. The van der Waals surface area contributed by atoms with Gasteiger partial charge in [-0.05, 0) is 26.0 Å². The van der Waals surface area contributed by atoms with E-state index in [4.69, 9.17) is 5.11 Å². The maximum absolute atomic E-state index is 13.8. The van der Waals surface area contributed by atoms with Crippen LogP contribution in [0.25, 0.3) is 0 Å². The molecule has 0 spiro atoms. The van der Waals surface area contributed by atoms with Gasteiger partial charge in [-0.2, -0.15) is 0 Å². The highest BCUT2D eigenvalue weighted by atomic mass is 79.9. The molecule has 1 aromatic rings. The van der Waals surface area contributed by atoms with E-state index >= 15 is 0 Å².